The molecule has 7 heavy (non-hydrogen) atoms. The topological polar surface area (TPSA) is 37.3 Å². The average Bonchev–Trinajstić information content (AvgIpc) is 1.36. The van der Waals surface area contributed by atoms with E-state index in [1.807, 2.05) is 0 Å². The first-order chi connectivity index (χ1) is 2.64. The Balaban J connectivity index is 0. The number of rotatable bonds is 1. The van der Waals surface area contributed by atoms with Crippen LogP contribution in [0, 0.1) is 0 Å². The van der Waals surface area contributed by atoms with Crippen LogP contribution in [0.25, 0.3) is 0 Å². The first-order valence-electron chi connectivity index (χ1n) is 1.55. The second kappa shape index (κ2) is 5.59. The fraction of sp³-hybridized carbons (Fsp3) is 0.667. The minimum atomic E-state index is -0.923. The van der Waals surface area contributed by atoms with Crippen molar-refractivity contribution in [2.45, 2.75) is 13.0 Å². The zero-order chi connectivity index (χ0) is 5.15. The minimum absolute atomic E-state index is 0. The van der Waals surface area contributed by atoms with Gasteiger partial charge in [0, 0.05) is 45.5 Å². The van der Waals surface area contributed by atoms with Gasteiger partial charge < -0.3 is 5.11 Å². The van der Waals surface area contributed by atoms with Crippen molar-refractivity contribution in [2.75, 3.05) is 0 Å². The summed E-state index contributed by atoms with van der Waals surface area (Å²) in [7, 11) is 0. The van der Waals surface area contributed by atoms with Crippen molar-refractivity contribution in [1.29, 1.82) is 0 Å². The maximum atomic E-state index is 9.76. The second-order valence-electron chi connectivity index (χ2n) is 1.01. The monoisotopic (exact) mass is 194 g/mol. The number of hydrogen-bond donors (Lipinski definition) is 2. The van der Waals surface area contributed by atoms with E-state index in [0.29, 0.717) is 0 Å². The van der Waals surface area contributed by atoms with Crippen molar-refractivity contribution in [3.8, 4) is 0 Å². The Morgan fingerprint density at radius 3 is 2.00 bits per heavy atom. The SMILES string of the molecule is CC(O)C(=O)S.[Sr]. The molecule has 0 bridgehead atoms. The van der Waals surface area contributed by atoms with Gasteiger partial charge >= 0.3 is 0 Å². The molecule has 0 aromatic heterocycles. The molecule has 0 fully saturated rings. The summed E-state index contributed by atoms with van der Waals surface area (Å²) in [5, 5.41) is 7.71. The van der Waals surface area contributed by atoms with Crippen LogP contribution in [0.3, 0.4) is 0 Å². The van der Waals surface area contributed by atoms with Crippen LogP contribution in [0.2, 0.25) is 0 Å². The van der Waals surface area contributed by atoms with E-state index < -0.39 is 11.2 Å². The molecule has 0 amide bonds. The Labute approximate surface area is 85.0 Å². The molecule has 0 saturated heterocycles. The molecule has 1 N–H and O–H groups in total. The minimum Gasteiger partial charge on any atom is -0.385 e. The van der Waals surface area contributed by atoms with Crippen LogP contribution in [0.15, 0.2) is 0 Å². The van der Waals surface area contributed by atoms with Gasteiger partial charge in [-0.15, -0.1) is 12.6 Å². The third-order valence-electron chi connectivity index (χ3n) is 0.357. The summed E-state index contributed by atoms with van der Waals surface area (Å²) in [5.74, 6) is 0. The molecule has 0 spiro atoms. The molecule has 1 unspecified atom stereocenters. The molecule has 4 heteroatoms. The Morgan fingerprint density at radius 2 is 2.00 bits per heavy atom. The summed E-state index contributed by atoms with van der Waals surface area (Å²) in [5.41, 5.74) is 0. The van der Waals surface area contributed by atoms with Gasteiger partial charge in [0.2, 0.25) is 5.12 Å². The molecule has 2 nitrogen and oxygen atoms in total. The largest absolute Gasteiger partial charge is 0.385 e. The molecular formula is C3H6O2SSr. The number of thiol groups is 1. The molecule has 0 rings (SSSR count). The van der Waals surface area contributed by atoms with Crippen molar-refractivity contribution in [3.05, 3.63) is 0 Å². The quantitative estimate of drug-likeness (QED) is 0.433. The van der Waals surface area contributed by atoms with Crippen LogP contribution in [0.1, 0.15) is 6.92 Å². The Bertz CT molecular complexity index is 64.0. The van der Waals surface area contributed by atoms with E-state index in [1.54, 1.807) is 0 Å². The summed E-state index contributed by atoms with van der Waals surface area (Å²) in [6.45, 7) is 1.37. The smallest absolute Gasteiger partial charge is 0.214 e. The molecule has 0 aromatic carbocycles. The van der Waals surface area contributed by atoms with Gasteiger partial charge in [-0.25, -0.2) is 0 Å². The van der Waals surface area contributed by atoms with Crippen LogP contribution < -0.4 is 0 Å². The molecule has 2 radical (unpaired) electrons. The summed E-state index contributed by atoms with van der Waals surface area (Å²) in [6, 6.07) is 0. The Hall–Kier alpha value is 1.46. The molecule has 1 atom stereocenters. The van der Waals surface area contributed by atoms with Crippen LogP contribution in [-0.4, -0.2) is 61.8 Å². The van der Waals surface area contributed by atoms with Gasteiger partial charge in [0.15, 0.2) is 0 Å². The van der Waals surface area contributed by atoms with Gasteiger partial charge in [-0.2, -0.15) is 0 Å². The molecular weight excluding hydrogens is 188 g/mol. The number of hydrogen-bond acceptors (Lipinski definition) is 2. The normalized spacial score (nSPS) is 11.9. The van der Waals surface area contributed by atoms with Crippen molar-refractivity contribution in [2.24, 2.45) is 0 Å². The average molecular weight is 194 g/mol. The first kappa shape index (κ1) is 11.3. The predicted molar refractivity (Wildman–Crippen MR) is 31.4 cm³/mol. The fourth-order valence-electron chi connectivity index (χ4n) is 0. The number of carbonyl (C=O) groups excluding carboxylic acids is 1. The maximum absolute atomic E-state index is 9.76. The fourth-order valence-corrected chi connectivity index (χ4v) is 0. The van der Waals surface area contributed by atoms with Gasteiger partial charge in [0.05, 0.1) is 0 Å². The molecule has 0 aromatic rings. The number of carbonyl (C=O) groups is 1. The third-order valence-corrected chi connectivity index (χ3v) is 0.731. The van der Waals surface area contributed by atoms with Crippen molar-refractivity contribution >= 4 is 63.2 Å². The van der Waals surface area contributed by atoms with E-state index in [2.05, 4.69) is 12.6 Å². The van der Waals surface area contributed by atoms with E-state index in [9.17, 15) is 4.79 Å². The van der Waals surface area contributed by atoms with E-state index in [0.717, 1.165) is 0 Å². The van der Waals surface area contributed by atoms with Gasteiger partial charge in [0.1, 0.15) is 6.10 Å². The Kier molecular flexibility index (Phi) is 9.02. The van der Waals surface area contributed by atoms with E-state index in [1.165, 1.54) is 6.92 Å². The van der Waals surface area contributed by atoms with Crippen LogP contribution in [0.4, 0.5) is 0 Å². The summed E-state index contributed by atoms with van der Waals surface area (Å²) in [6.07, 6.45) is -0.923. The zero-order valence-electron chi connectivity index (χ0n) is 4.09. The van der Waals surface area contributed by atoms with E-state index in [4.69, 9.17) is 5.11 Å². The van der Waals surface area contributed by atoms with Crippen molar-refractivity contribution < 1.29 is 9.90 Å². The summed E-state index contributed by atoms with van der Waals surface area (Å²) >= 11 is 3.30. The molecule has 0 heterocycles. The maximum Gasteiger partial charge on any atom is 0.214 e. The van der Waals surface area contributed by atoms with Gasteiger partial charge in [-0.3, -0.25) is 4.79 Å². The van der Waals surface area contributed by atoms with Crippen molar-refractivity contribution in [3.63, 3.8) is 0 Å². The van der Waals surface area contributed by atoms with Crippen LogP contribution in [0.5, 0.6) is 0 Å². The standard InChI is InChI=1S/C3H6O2S.Sr/c1-2(4)3(5)6;/h2,4H,1H3,(H,5,6);. The zero-order valence-corrected chi connectivity index (χ0v) is 8.46. The predicted octanol–water partition coefficient (Wildman–Crippen LogP) is -0.557. The molecule has 38 valence electrons. The Morgan fingerprint density at radius 1 is 1.86 bits per heavy atom. The van der Waals surface area contributed by atoms with E-state index in [-0.39, 0.29) is 45.5 Å². The van der Waals surface area contributed by atoms with E-state index >= 15 is 0 Å². The number of aliphatic hydroxyl groups excluding tert-OH is 1. The van der Waals surface area contributed by atoms with Crippen LogP contribution >= 0.6 is 12.6 Å². The molecule has 0 aliphatic heterocycles. The van der Waals surface area contributed by atoms with Gasteiger partial charge in [-0.05, 0) is 6.92 Å². The molecule has 0 aliphatic rings. The molecule has 0 aliphatic carbocycles. The second-order valence-corrected chi connectivity index (χ2v) is 1.45. The summed E-state index contributed by atoms with van der Waals surface area (Å²) in [4.78, 5) is 9.76. The van der Waals surface area contributed by atoms with Crippen LogP contribution in [-0.2, 0) is 4.79 Å². The number of aliphatic hydroxyl groups is 1. The summed E-state index contributed by atoms with van der Waals surface area (Å²) < 4.78 is 0. The van der Waals surface area contributed by atoms with Crippen molar-refractivity contribution in [1.82, 2.24) is 0 Å². The van der Waals surface area contributed by atoms with Gasteiger partial charge in [-0.1, -0.05) is 0 Å². The molecule has 0 saturated carbocycles. The third kappa shape index (κ3) is 7.46. The first-order valence-corrected chi connectivity index (χ1v) is 2.00. The van der Waals surface area contributed by atoms with Gasteiger partial charge in [0.25, 0.3) is 0 Å².